The summed E-state index contributed by atoms with van der Waals surface area (Å²) in [5.41, 5.74) is 2.73. The van der Waals surface area contributed by atoms with E-state index in [2.05, 4.69) is 25.7 Å². The molecule has 3 heterocycles. The van der Waals surface area contributed by atoms with Crippen LogP contribution in [-0.2, 0) is 11.3 Å². The Morgan fingerprint density at radius 2 is 2.03 bits per heavy atom. The van der Waals surface area contributed by atoms with Gasteiger partial charge in [0.15, 0.2) is 0 Å². The Kier molecular flexibility index (Phi) is 6.38. The maximum atomic E-state index is 13.4. The van der Waals surface area contributed by atoms with Gasteiger partial charge in [-0.05, 0) is 25.1 Å². The second-order valence-electron chi connectivity index (χ2n) is 7.48. The van der Waals surface area contributed by atoms with Gasteiger partial charge in [-0.2, -0.15) is 10.1 Å². The zero-order valence-electron chi connectivity index (χ0n) is 18.8. The molecule has 1 aliphatic rings. The minimum Gasteiger partial charge on any atom is -0.445 e. The van der Waals surface area contributed by atoms with Gasteiger partial charge in [0.05, 0.1) is 11.9 Å². The Morgan fingerprint density at radius 1 is 1.21 bits per heavy atom. The van der Waals surface area contributed by atoms with Gasteiger partial charge in [0.1, 0.15) is 18.0 Å². The molecule has 2 amide bonds. The van der Waals surface area contributed by atoms with Crippen LogP contribution in [0.4, 0.5) is 22.2 Å². The first-order valence-electron chi connectivity index (χ1n) is 10.6. The molecule has 2 N–H and O–H groups in total. The zero-order valence-corrected chi connectivity index (χ0v) is 18.8. The highest BCUT2D eigenvalue weighted by Crippen LogP contribution is 2.27. The molecule has 0 bridgehead atoms. The minimum absolute atomic E-state index is 0.113. The van der Waals surface area contributed by atoms with Crippen molar-refractivity contribution >= 4 is 29.5 Å². The molecule has 1 aliphatic heterocycles. The molecule has 1 aromatic carbocycles. The van der Waals surface area contributed by atoms with Crippen LogP contribution in [0.25, 0.3) is 5.69 Å². The maximum absolute atomic E-state index is 13.4. The average molecular weight is 451 g/mol. The molecule has 0 atom stereocenters. The van der Waals surface area contributed by atoms with Crippen LogP contribution in [0.1, 0.15) is 22.8 Å². The van der Waals surface area contributed by atoms with Crippen molar-refractivity contribution in [3.8, 4) is 5.69 Å². The monoisotopic (exact) mass is 450 g/mol. The second kappa shape index (κ2) is 9.55. The highest BCUT2D eigenvalue weighted by molar-refractivity contribution is 6.09. The van der Waals surface area contributed by atoms with Crippen LogP contribution in [0, 0.1) is 0 Å². The van der Waals surface area contributed by atoms with E-state index in [9.17, 15) is 9.59 Å². The summed E-state index contributed by atoms with van der Waals surface area (Å²) in [6.07, 6.45) is 4.49. The maximum Gasteiger partial charge on any atom is 0.407 e. The van der Waals surface area contributed by atoms with E-state index >= 15 is 0 Å². The first-order chi connectivity index (χ1) is 16.0. The Morgan fingerprint density at radius 3 is 2.82 bits per heavy atom. The van der Waals surface area contributed by atoms with E-state index in [1.165, 1.54) is 7.05 Å². The lowest BCUT2D eigenvalue weighted by atomic mass is 10.2. The van der Waals surface area contributed by atoms with Crippen LogP contribution >= 0.6 is 0 Å². The SMILES string of the molecule is CCNc1ncc2c(n1)N(C)CCN(c1cccc(-n3cc(COC(=O)NC)cn3)c1)C2=O. The molecule has 0 unspecified atom stereocenters. The van der Waals surface area contributed by atoms with Crippen molar-refractivity contribution in [3.63, 3.8) is 0 Å². The number of alkyl carbamates (subject to hydrolysis) is 1. The largest absolute Gasteiger partial charge is 0.445 e. The summed E-state index contributed by atoms with van der Waals surface area (Å²) in [4.78, 5) is 37.2. The van der Waals surface area contributed by atoms with Crippen molar-refractivity contribution in [2.75, 3.05) is 48.8 Å². The summed E-state index contributed by atoms with van der Waals surface area (Å²) in [6, 6.07) is 7.56. The van der Waals surface area contributed by atoms with Crippen molar-refractivity contribution in [1.29, 1.82) is 0 Å². The van der Waals surface area contributed by atoms with Crippen LogP contribution in [0.2, 0.25) is 0 Å². The summed E-state index contributed by atoms with van der Waals surface area (Å²) >= 11 is 0. The highest BCUT2D eigenvalue weighted by atomic mass is 16.5. The number of fused-ring (bicyclic) bond motifs is 1. The molecule has 0 fully saturated rings. The molecule has 11 nitrogen and oxygen atoms in total. The first-order valence-corrected chi connectivity index (χ1v) is 10.6. The fourth-order valence-electron chi connectivity index (χ4n) is 3.51. The van der Waals surface area contributed by atoms with Crippen molar-refractivity contribution in [2.24, 2.45) is 0 Å². The van der Waals surface area contributed by atoms with Gasteiger partial charge in [-0.15, -0.1) is 0 Å². The van der Waals surface area contributed by atoms with Crippen LogP contribution in [0.5, 0.6) is 0 Å². The van der Waals surface area contributed by atoms with Crippen molar-refractivity contribution < 1.29 is 14.3 Å². The van der Waals surface area contributed by atoms with E-state index in [0.717, 1.165) is 16.9 Å². The second-order valence-corrected chi connectivity index (χ2v) is 7.48. The number of nitrogens with zero attached hydrogens (tertiary/aromatic N) is 6. The smallest absolute Gasteiger partial charge is 0.407 e. The quantitative estimate of drug-likeness (QED) is 0.586. The molecular formula is C22H26N8O3. The average Bonchev–Trinajstić information content (AvgIpc) is 3.27. The van der Waals surface area contributed by atoms with Gasteiger partial charge in [-0.25, -0.2) is 14.5 Å². The van der Waals surface area contributed by atoms with E-state index in [-0.39, 0.29) is 12.5 Å². The lowest BCUT2D eigenvalue weighted by molar-refractivity contribution is 0.0989. The van der Waals surface area contributed by atoms with Crippen LogP contribution in [0.15, 0.2) is 42.9 Å². The molecule has 172 valence electrons. The molecule has 0 saturated heterocycles. The summed E-state index contributed by atoms with van der Waals surface area (Å²) in [6.45, 7) is 3.89. The lowest BCUT2D eigenvalue weighted by Crippen LogP contribution is -2.33. The van der Waals surface area contributed by atoms with Gasteiger partial charge < -0.3 is 25.2 Å². The highest BCUT2D eigenvalue weighted by Gasteiger charge is 2.28. The molecular weight excluding hydrogens is 424 g/mol. The van der Waals surface area contributed by atoms with Crippen molar-refractivity contribution in [1.82, 2.24) is 25.1 Å². The number of carbonyl (C=O) groups is 2. The summed E-state index contributed by atoms with van der Waals surface area (Å²) in [5.74, 6) is 0.952. The molecule has 0 spiro atoms. The third kappa shape index (κ3) is 4.71. The van der Waals surface area contributed by atoms with E-state index in [4.69, 9.17) is 4.74 Å². The van der Waals surface area contributed by atoms with Crippen molar-refractivity contribution in [2.45, 2.75) is 13.5 Å². The minimum atomic E-state index is -0.503. The van der Waals surface area contributed by atoms with Gasteiger partial charge in [0.25, 0.3) is 5.91 Å². The van der Waals surface area contributed by atoms with E-state index in [1.54, 1.807) is 28.2 Å². The van der Waals surface area contributed by atoms with Gasteiger partial charge >= 0.3 is 6.09 Å². The molecule has 4 rings (SSSR count). The van der Waals surface area contributed by atoms with Gasteiger partial charge in [0.2, 0.25) is 5.95 Å². The number of nitrogens with one attached hydrogen (secondary N) is 2. The number of carbonyl (C=O) groups excluding carboxylic acids is 2. The Hall–Kier alpha value is -4.15. The normalized spacial score (nSPS) is 13.4. The molecule has 0 radical (unpaired) electrons. The Labute approximate surface area is 191 Å². The molecule has 0 saturated carbocycles. The van der Waals surface area contributed by atoms with Crippen LogP contribution < -0.4 is 20.4 Å². The van der Waals surface area contributed by atoms with Crippen LogP contribution in [-0.4, -0.2) is 65.5 Å². The number of anilines is 3. The first kappa shape index (κ1) is 22.1. The summed E-state index contributed by atoms with van der Waals surface area (Å²) in [5, 5.41) is 9.85. The number of likely N-dealkylation sites (N-methyl/N-ethyl adjacent to an activating group) is 1. The number of aromatic nitrogens is 4. The van der Waals surface area contributed by atoms with Crippen molar-refractivity contribution in [3.05, 3.63) is 54.0 Å². The van der Waals surface area contributed by atoms with E-state index < -0.39 is 6.09 Å². The van der Waals surface area contributed by atoms with Gasteiger partial charge in [-0.1, -0.05) is 6.07 Å². The van der Waals surface area contributed by atoms with Crippen LogP contribution in [0.3, 0.4) is 0 Å². The topological polar surface area (TPSA) is 118 Å². The van der Waals surface area contributed by atoms with E-state index in [1.807, 2.05) is 43.1 Å². The number of hydrogen-bond acceptors (Lipinski definition) is 8. The third-order valence-electron chi connectivity index (χ3n) is 5.22. The molecule has 3 aromatic rings. The summed E-state index contributed by atoms with van der Waals surface area (Å²) < 4.78 is 6.74. The molecule has 33 heavy (non-hydrogen) atoms. The fourth-order valence-corrected chi connectivity index (χ4v) is 3.51. The number of ether oxygens (including phenoxy) is 1. The number of amides is 2. The van der Waals surface area contributed by atoms with E-state index in [0.29, 0.717) is 37.0 Å². The van der Waals surface area contributed by atoms with Gasteiger partial charge in [-0.3, -0.25) is 4.79 Å². The Balaban J connectivity index is 1.59. The van der Waals surface area contributed by atoms with Gasteiger partial charge in [0, 0.05) is 57.4 Å². The fraction of sp³-hybridized carbons (Fsp3) is 0.318. The number of benzene rings is 1. The Bertz CT molecular complexity index is 1160. The standard InChI is InChI=1S/C22H26N8O3/c1-4-24-21-25-12-18-19(27-21)28(3)8-9-29(20(18)31)16-6-5-7-17(10-16)30-13-15(11-26-30)14-33-22(32)23-2/h5-7,10-13H,4,8-9,14H2,1-3H3,(H,23,32)(H,24,25,27). The molecule has 2 aromatic heterocycles. The lowest BCUT2D eigenvalue weighted by Gasteiger charge is -2.21. The predicted octanol–water partition coefficient (Wildman–Crippen LogP) is 2.05. The molecule has 0 aliphatic carbocycles. The third-order valence-corrected chi connectivity index (χ3v) is 5.22. The number of rotatable bonds is 6. The predicted molar refractivity (Wildman–Crippen MR) is 124 cm³/mol. The number of hydrogen-bond donors (Lipinski definition) is 2. The zero-order chi connectivity index (χ0) is 23.4. The molecule has 11 heteroatoms. The summed E-state index contributed by atoms with van der Waals surface area (Å²) in [7, 11) is 3.42.